The highest BCUT2D eigenvalue weighted by Gasteiger charge is 2.39. The monoisotopic (exact) mass is 199 g/mol. The van der Waals surface area contributed by atoms with E-state index in [4.69, 9.17) is 5.53 Å². The van der Waals surface area contributed by atoms with Crippen molar-refractivity contribution in [2.75, 3.05) is 6.61 Å². The minimum absolute atomic E-state index is 0.130. The van der Waals surface area contributed by atoms with Gasteiger partial charge in [-0.25, -0.2) is 4.79 Å². The van der Waals surface area contributed by atoms with Crippen molar-refractivity contribution in [2.24, 2.45) is 11.0 Å². The number of nitrogens with zero attached hydrogens (tertiary/aromatic N) is 3. The number of carbonyl (C=O) groups is 1. The van der Waals surface area contributed by atoms with Gasteiger partial charge in [-0.3, -0.25) is 0 Å². The maximum Gasteiger partial charge on any atom is 0.335 e. The van der Waals surface area contributed by atoms with E-state index in [0.717, 1.165) is 12.8 Å². The van der Waals surface area contributed by atoms with Gasteiger partial charge in [0.1, 0.15) is 0 Å². The molecule has 0 aromatic carbocycles. The van der Waals surface area contributed by atoms with Gasteiger partial charge in [0.05, 0.1) is 12.6 Å². The maximum atomic E-state index is 11.1. The van der Waals surface area contributed by atoms with Gasteiger partial charge >= 0.3 is 5.97 Å². The molecule has 0 spiro atoms. The molecule has 0 unspecified atom stereocenters. The Morgan fingerprint density at radius 2 is 2.43 bits per heavy atom. The molecule has 1 aliphatic carbocycles. The van der Waals surface area contributed by atoms with Gasteiger partial charge in [-0.05, 0) is 31.2 Å². The van der Waals surface area contributed by atoms with Gasteiger partial charge in [0.15, 0.2) is 6.10 Å². The third-order valence-electron chi connectivity index (χ3n) is 2.14. The number of azide groups is 1. The largest absolute Gasteiger partial charge is 0.464 e. The summed E-state index contributed by atoms with van der Waals surface area (Å²) in [5, 5.41) is 12.9. The van der Waals surface area contributed by atoms with E-state index in [-0.39, 0.29) is 12.5 Å². The lowest BCUT2D eigenvalue weighted by molar-refractivity contribution is -0.154. The number of rotatable bonds is 5. The second-order valence-corrected chi connectivity index (χ2v) is 3.23. The molecule has 6 heteroatoms. The summed E-state index contributed by atoms with van der Waals surface area (Å²) < 4.78 is 4.64. The number of esters is 1. The molecular weight excluding hydrogens is 186 g/mol. The summed E-state index contributed by atoms with van der Waals surface area (Å²) >= 11 is 0. The number of ether oxygens (including phenoxy) is 1. The first-order valence-corrected chi connectivity index (χ1v) is 4.59. The fourth-order valence-corrected chi connectivity index (χ4v) is 1.28. The van der Waals surface area contributed by atoms with Crippen LogP contribution in [0.4, 0.5) is 0 Å². The van der Waals surface area contributed by atoms with Crippen molar-refractivity contribution in [3.05, 3.63) is 10.4 Å². The van der Waals surface area contributed by atoms with Crippen molar-refractivity contribution in [1.82, 2.24) is 0 Å². The van der Waals surface area contributed by atoms with E-state index in [9.17, 15) is 9.90 Å². The van der Waals surface area contributed by atoms with E-state index in [1.54, 1.807) is 6.92 Å². The molecule has 1 aliphatic rings. The molecular formula is C8H13N3O3. The Balaban J connectivity index is 2.57. The lowest BCUT2D eigenvalue weighted by atomic mass is 10.1. The zero-order valence-corrected chi connectivity index (χ0v) is 7.96. The molecule has 0 saturated heterocycles. The molecule has 1 fully saturated rings. The smallest absolute Gasteiger partial charge is 0.335 e. The molecule has 1 rings (SSSR count). The van der Waals surface area contributed by atoms with Crippen LogP contribution >= 0.6 is 0 Å². The third-order valence-corrected chi connectivity index (χ3v) is 2.14. The normalized spacial score (nSPS) is 19.3. The fourth-order valence-electron chi connectivity index (χ4n) is 1.28. The molecule has 2 atom stereocenters. The van der Waals surface area contributed by atoms with Crippen molar-refractivity contribution >= 4 is 5.97 Å². The number of carbonyl (C=O) groups excluding carboxylic acids is 1. The predicted octanol–water partition coefficient (Wildman–Crippen LogP) is 0.999. The number of aliphatic hydroxyl groups is 1. The molecule has 0 aromatic heterocycles. The highest BCUT2D eigenvalue weighted by atomic mass is 16.5. The molecule has 6 nitrogen and oxygen atoms in total. The molecule has 0 aliphatic heterocycles. The zero-order valence-electron chi connectivity index (χ0n) is 7.96. The summed E-state index contributed by atoms with van der Waals surface area (Å²) in [6, 6.07) is -0.668. The molecule has 1 saturated carbocycles. The Kier molecular flexibility index (Phi) is 3.73. The average Bonchev–Trinajstić information content (AvgIpc) is 2.97. The van der Waals surface area contributed by atoms with Gasteiger partial charge in [0, 0.05) is 4.91 Å². The molecule has 1 N–H and O–H groups in total. The fraction of sp³-hybridized carbons (Fsp3) is 0.875. The summed E-state index contributed by atoms with van der Waals surface area (Å²) in [5.41, 5.74) is 8.27. The van der Waals surface area contributed by atoms with E-state index in [1.807, 2.05) is 0 Å². The Labute approximate surface area is 81.5 Å². The quantitative estimate of drug-likeness (QED) is 0.309. The minimum atomic E-state index is -1.32. The highest BCUT2D eigenvalue weighted by Crippen LogP contribution is 2.36. The van der Waals surface area contributed by atoms with Crippen molar-refractivity contribution in [3.8, 4) is 0 Å². The van der Waals surface area contributed by atoms with Crippen molar-refractivity contribution in [1.29, 1.82) is 0 Å². The third kappa shape index (κ3) is 2.61. The lowest BCUT2D eigenvalue weighted by Crippen LogP contribution is -2.35. The van der Waals surface area contributed by atoms with E-state index in [1.165, 1.54) is 0 Å². The second-order valence-electron chi connectivity index (χ2n) is 3.23. The van der Waals surface area contributed by atoms with Crippen LogP contribution in [0, 0.1) is 5.92 Å². The summed E-state index contributed by atoms with van der Waals surface area (Å²) in [4.78, 5) is 13.8. The SMILES string of the molecule is CCOC(=O)[C@@H](O)[C@@H](N=[N+]=[N-])C1CC1. The number of hydrogen-bond acceptors (Lipinski definition) is 4. The molecule has 14 heavy (non-hydrogen) atoms. The summed E-state index contributed by atoms with van der Waals surface area (Å²) in [7, 11) is 0. The molecule has 0 radical (unpaired) electrons. The van der Waals surface area contributed by atoms with E-state index in [0.29, 0.717) is 0 Å². The minimum Gasteiger partial charge on any atom is -0.464 e. The number of hydrogen-bond donors (Lipinski definition) is 1. The van der Waals surface area contributed by atoms with E-state index >= 15 is 0 Å². The first kappa shape index (κ1) is 10.8. The van der Waals surface area contributed by atoms with Crippen molar-refractivity contribution in [3.63, 3.8) is 0 Å². The maximum absolute atomic E-state index is 11.1. The Hall–Kier alpha value is -1.26. The standard InChI is InChI=1S/C8H13N3O3/c1-2-14-8(13)7(12)6(10-11-9)5-3-4-5/h5-7,12H,2-4H2,1H3/t6-,7-/m0/s1. The van der Waals surface area contributed by atoms with Crippen LogP contribution in [0.2, 0.25) is 0 Å². The first-order chi connectivity index (χ1) is 6.70. The molecule has 78 valence electrons. The van der Waals surface area contributed by atoms with Gasteiger partial charge in [-0.1, -0.05) is 5.11 Å². The number of aliphatic hydroxyl groups excluding tert-OH is 1. The summed E-state index contributed by atoms with van der Waals surface area (Å²) in [6.45, 7) is 1.87. The lowest BCUT2D eigenvalue weighted by Gasteiger charge is -2.15. The van der Waals surface area contributed by atoms with Crippen LogP contribution < -0.4 is 0 Å². The van der Waals surface area contributed by atoms with Crippen molar-refractivity contribution in [2.45, 2.75) is 31.9 Å². The predicted molar refractivity (Wildman–Crippen MR) is 48.3 cm³/mol. The van der Waals surface area contributed by atoms with Crippen LogP contribution in [0.5, 0.6) is 0 Å². The Morgan fingerprint density at radius 3 is 2.86 bits per heavy atom. The second kappa shape index (κ2) is 4.83. The van der Waals surface area contributed by atoms with Crippen LogP contribution in [-0.2, 0) is 9.53 Å². The first-order valence-electron chi connectivity index (χ1n) is 4.59. The van der Waals surface area contributed by atoms with Crippen LogP contribution in [0.3, 0.4) is 0 Å². The van der Waals surface area contributed by atoms with Crippen molar-refractivity contribution < 1.29 is 14.6 Å². The molecule has 0 aromatic rings. The Morgan fingerprint density at radius 1 is 1.79 bits per heavy atom. The summed E-state index contributed by atoms with van der Waals surface area (Å²) in [5.74, 6) is -0.581. The molecule has 0 heterocycles. The van der Waals surface area contributed by atoms with Crippen LogP contribution in [-0.4, -0.2) is 29.8 Å². The molecule has 0 amide bonds. The van der Waals surface area contributed by atoms with Gasteiger partial charge < -0.3 is 9.84 Å². The van der Waals surface area contributed by atoms with Gasteiger partial charge in [-0.15, -0.1) is 0 Å². The van der Waals surface area contributed by atoms with Crippen LogP contribution in [0.1, 0.15) is 19.8 Å². The van der Waals surface area contributed by atoms with E-state index < -0.39 is 18.1 Å². The van der Waals surface area contributed by atoms with Gasteiger partial charge in [0.25, 0.3) is 0 Å². The highest BCUT2D eigenvalue weighted by molar-refractivity contribution is 5.75. The van der Waals surface area contributed by atoms with Crippen LogP contribution in [0.25, 0.3) is 10.4 Å². The molecule has 0 bridgehead atoms. The van der Waals surface area contributed by atoms with Crippen LogP contribution in [0.15, 0.2) is 5.11 Å². The zero-order chi connectivity index (χ0) is 10.6. The van der Waals surface area contributed by atoms with Gasteiger partial charge in [-0.2, -0.15) is 0 Å². The Bertz CT molecular complexity index is 259. The van der Waals surface area contributed by atoms with Gasteiger partial charge in [0.2, 0.25) is 0 Å². The topological polar surface area (TPSA) is 95.3 Å². The average molecular weight is 199 g/mol. The van der Waals surface area contributed by atoms with E-state index in [2.05, 4.69) is 14.8 Å². The summed E-state index contributed by atoms with van der Waals surface area (Å²) in [6.07, 6.45) is 0.457.